The van der Waals surface area contributed by atoms with Crippen molar-refractivity contribution in [3.8, 4) is 11.5 Å². The van der Waals surface area contributed by atoms with E-state index in [9.17, 15) is 15.0 Å². The monoisotopic (exact) mass is 374 g/mol. The van der Waals surface area contributed by atoms with Crippen LogP contribution in [0.4, 0.5) is 5.69 Å². The molecule has 1 amide bonds. The number of benzene rings is 2. The lowest BCUT2D eigenvalue weighted by Gasteiger charge is -2.26. The van der Waals surface area contributed by atoms with Gasteiger partial charge in [-0.2, -0.15) is 0 Å². The van der Waals surface area contributed by atoms with Crippen LogP contribution < -0.4 is 10.6 Å². The number of rotatable bonds is 3. The van der Waals surface area contributed by atoms with Crippen molar-refractivity contribution in [3.05, 3.63) is 52.5 Å². The number of nitrogens with zero attached hydrogens (tertiary/aromatic N) is 1. The van der Waals surface area contributed by atoms with Crippen molar-refractivity contribution in [2.75, 3.05) is 4.90 Å². The Morgan fingerprint density at radius 1 is 1.15 bits per heavy atom. The zero-order valence-electron chi connectivity index (χ0n) is 14.2. The number of phenols is 2. The third-order valence-electron chi connectivity index (χ3n) is 3.80. The predicted molar refractivity (Wildman–Crippen MR) is 102 cm³/mol. The van der Waals surface area contributed by atoms with E-state index in [1.54, 1.807) is 18.2 Å². The van der Waals surface area contributed by atoms with Crippen LogP contribution in [0.25, 0.3) is 0 Å². The van der Waals surface area contributed by atoms with Gasteiger partial charge < -0.3 is 15.9 Å². The van der Waals surface area contributed by atoms with Crippen molar-refractivity contribution in [2.45, 2.75) is 19.8 Å². The number of primary amides is 1. The lowest BCUT2D eigenvalue weighted by molar-refractivity contribution is -0.112. The molecule has 6 N–H and O–H groups in total. The van der Waals surface area contributed by atoms with Gasteiger partial charge in [-0.05, 0) is 29.7 Å². The summed E-state index contributed by atoms with van der Waals surface area (Å²) in [5.41, 5.74) is 5.96. The maximum absolute atomic E-state index is 11.6. The fraction of sp³-hybridized carbons (Fsp3) is 0.167. The summed E-state index contributed by atoms with van der Waals surface area (Å²) in [6.45, 7) is 3.69. The van der Waals surface area contributed by atoms with Gasteiger partial charge in [-0.15, -0.1) is 0 Å². The summed E-state index contributed by atoms with van der Waals surface area (Å²) >= 11 is 6.16. The minimum absolute atomic E-state index is 0.0254. The maximum Gasteiger partial charge on any atom is 0.284 e. The van der Waals surface area contributed by atoms with Crippen LogP contribution in [-0.2, 0) is 4.79 Å². The molecule has 0 fully saturated rings. The molecular formula is C18H19ClN4O3. The zero-order chi connectivity index (χ0) is 19.6. The van der Waals surface area contributed by atoms with Crippen LogP contribution in [0.3, 0.4) is 0 Å². The number of para-hydroxylation sites is 1. The number of amidine groups is 2. The first-order valence-corrected chi connectivity index (χ1v) is 8.10. The average molecular weight is 375 g/mol. The SMILES string of the molecule is CC(C)c1cc(C(=N)N(C(=N)C(N)=O)c2ccccc2Cl)c(O)cc1O. The molecule has 26 heavy (non-hydrogen) atoms. The molecule has 2 rings (SSSR count). The Bertz CT molecular complexity index is 896. The first kappa shape index (κ1) is 19.3. The standard InChI is InChI=1S/C18H19ClN4O3/c1-9(2)10-7-11(15(25)8-14(10)24)16(20)23(17(21)18(22)26)13-6-4-3-5-12(13)19/h3-9,20-21,24-25H,1-2H3,(H2,22,26). The van der Waals surface area contributed by atoms with Crippen molar-refractivity contribution in [1.82, 2.24) is 0 Å². The molecule has 136 valence electrons. The number of hydrogen-bond donors (Lipinski definition) is 5. The topological polar surface area (TPSA) is 134 Å². The van der Waals surface area contributed by atoms with Gasteiger partial charge in [-0.1, -0.05) is 37.6 Å². The van der Waals surface area contributed by atoms with Crippen LogP contribution in [0.15, 0.2) is 36.4 Å². The second-order valence-electron chi connectivity index (χ2n) is 5.93. The van der Waals surface area contributed by atoms with Crippen molar-refractivity contribution in [1.29, 1.82) is 10.8 Å². The Morgan fingerprint density at radius 3 is 2.31 bits per heavy atom. The molecular weight excluding hydrogens is 356 g/mol. The normalized spacial score (nSPS) is 10.6. The van der Waals surface area contributed by atoms with E-state index in [0.29, 0.717) is 5.56 Å². The Balaban J connectivity index is 2.65. The van der Waals surface area contributed by atoms with Gasteiger partial charge >= 0.3 is 0 Å². The first-order valence-electron chi connectivity index (χ1n) is 7.73. The quantitative estimate of drug-likeness (QED) is 0.416. The lowest BCUT2D eigenvalue weighted by atomic mass is 9.98. The van der Waals surface area contributed by atoms with Crippen molar-refractivity contribution in [2.24, 2.45) is 5.73 Å². The van der Waals surface area contributed by atoms with Gasteiger partial charge in [0.25, 0.3) is 5.91 Å². The highest BCUT2D eigenvalue weighted by Gasteiger charge is 2.27. The molecule has 0 radical (unpaired) electrons. The molecule has 0 aromatic heterocycles. The van der Waals surface area contributed by atoms with Gasteiger partial charge in [-0.25, -0.2) is 0 Å². The Kier molecular flexibility index (Phi) is 5.52. The summed E-state index contributed by atoms with van der Waals surface area (Å²) in [5, 5.41) is 36.8. The van der Waals surface area contributed by atoms with Gasteiger partial charge in [0.05, 0.1) is 16.3 Å². The summed E-state index contributed by atoms with van der Waals surface area (Å²) in [6, 6.07) is 8.92. The van der Waals surface area contributed by atoms with Crippen LogP contribution in [0, 0.1) is 10.8 Å². The number of aromatic hydroxyl groups is 2. The summed E-state index contributed by atoms with van der Waals surface area (Å²) < 4.78 is 0. The number of halogens is 1. The van der Waals surface area contributed by atoms with Crippen molar-refractivity contribution < 1.29 is 15.0 Å². The number of carbonyl (C=O) groups is 1. The fourth-order valence-electron chi connectivity index (χ4n) is 2.46. The maximum atomic E-state index is 11.6. The second kappa shape index (κ2) is 7.45. The van der Waals surface area contributed by atoms with Crippen molar-refractivity contribution in [3.63, 3.8) is 0 Å². The molecule has 0 aliphatic rings. The first-order chi connectivity index (χ1) is 12.1. The van der Waals surface area contributed by atoms with E-state index in [1.807, 2.05) is 13.8 Å². The number of nitrogens with one attached hydrogen (secondary N) is 2. The lowest BCUT2D eigenvalue weighted by Crippen LogP contribution is -2.44. The molecule has 0 aliphatic heterocycles. The highest BCUT2D eigenvalue weighted by Crippen LogP contribution is 2.34. The van der Waals surface area contributed by atoms with Gasteiger partial charge in [0.15, 0.2) is 5.84 Å². The largest absolute Gasteiger partial charge is 0.508 e. The molecule has 0 unspecified atom stereocenters. The van der Waals surface area contributed by atoms with Crippen LogP contribution in [0.2, 0.25) is 5.02 Å². The minimum atomic E-state index is -1.06. The van der Waals surface area contributed by atoms with Gasteiger partial charge in [0, 0.05) is 6.07 Å². The molecule has 0 saturated carbocycles. The highest BCUT2D eigenvalue weighted by atomic mass is 35.5. The summed E-state index contributed by atoms with van der Waals surface area (Å²) in [7, 11) is 0. The minimum Gasteiger partial charge on any atom is -0.508 e. The molecule has 0 atom stereocenters. The molecule has 2 aromatic rings. The Morgan fingerprint density at radius 2 is 1.77 bits per heavy atom. The van der Waals surface area contributed by atoms with Gasteiger partial charge in [0.2, 0.25) is 0 Å². The van der Waals surface area contributed by atoms with Crippen LogP contribution in [0.1, 0.15) is 30.9 Å². The van der Waals surface area contributed by atoms with Gasteiger partial charge in [0.1, 0.15) is 17.3 Å². The molecule has 0 spiro atoms. The van der Waals surface area contributed by atoms with E-state index in [4.69, 9.17) is 28.2 Å². The van der Waals surface area contributed by atoms with E-state index in [2.05, 4.69) is 0 Å². The third kappa shape index (κ3) is 3.62. The summed E-state index contributed by atoms with van der Waals surface area (Å²) in [4.78, 5) is 12.5. The third-order valence-corrected chi connectivity index (χ3v) is 4.12. The number of hydrogen-bond acceptors (Lipinski definition) is 5. The predicted octanol–water partition coefficient (Wildman–Crippen LogP) is 3.17. The fourth-order valence-corrected chi connectivity index (χ4v) is 2.68. The molecule has 0 saturated heterocycles. The molecule has 7 nitrogen and oxygen atoms in total. The average Bonchev–Trinajstić information content (AvgIpc) is 2.56. The Labute approximate surface area is 155 Å². The number of anilines is 1. The number of nitrogens with two attached hydrogens (primary N) is 1. The molecule has 2 aromatic carbocycles. The summed E-state index contributed by atoms with van der Waals surface area (Å²) in [5.74, 6) is -2.67. The van der Waals surface area contributed by atoms with E-state index in [1.165, 1.54) is 12.1 Å². The van der Waals surface area contributed by atoms with Crippen LogP contribution in [-0.4, -0.2) is 27.8 Å². The smallest absolute Gasteiger partial charge is 0.284 e. The summed E-state index contributed by atoms with van der Waals surface area (Å²) in [6.07, 6.45) is 0. The van der Waals surface area contributed by atoms with E-state index in [0.717, 1.165) is 11.0 Å². The zero-order valence-corrected chi connectivity index (χ0v) is 15.0. The van der Waals surface area contributed by atoms with Gasteiger partial charge in [-0.3, -0.25) is 20.5 Å². The number of carbonyl (C=O) groups excluding carboxylic acids is 1. The molecule has 8 heteroatoms. The van der Waals surface area contributed by atoms with E-state index < -0.39 is 11.7 Å². The highest BCUT2D eigenvalue weighted by molar-refractivity contribution is 6.49. The van der Waals surface area contributed by atoms with Crippen molar-refractivity contribution >= 4 is 34.9 Å². The molecule has 0 bridgehead atoms. The molecule has 0 aliphatic carbocycles. The second-order valence-corrected chi connectivity index (χ2v) is 6.34. The van der Waals surface area contributed by atoms with Crippen LogP contribution in [0.5, 0.6) is 11.5 Å². The Hall–Kier alpha value is -3.06. The number of phenolic OH excluding ortho intramolecular Hbond substituents is 2. The molecule has 0 heterocycles. The van der Waals surface area contributed by atoms with E-state index in [-0.39, 0.29) is 39.5 Å². The van der Waals surface area contributed by atoms with Crippen LogP contribution >= 0.6 is 11.6 Å². The van der Waals surface area contributed by atoms with E-state index >= 15 is 0 Å². The number of amides is 1.